The van der Waals surface area contributed by atoms with Gasteiger partial charge in [-0.2, -0.15) is 5.10 Å². The number of halogens is 1. The number of rotatable bonds is 7. The summed E-state index contributed by atoms with van der Waals surface area (Å²) >= 11 is 3.32. The Kier molecular flexibility index (Phi) is 7.13. The van der Waals surface area contributed by atoms with Crippen LogP contribution in [-0.4, -0.2) is 24.7 Å². The Bertz CT molecular complexity index is 1000. The number of nitrogens with zero attached hydrogens (tertiary/aromatic N) is 1. The second kappa shape index (κ2) is 10.2. The molecule has 3 aromatic rings. The van der Waals surface area contributed by atoms with Crippen molar-refractivity contribution in [2.24, 2.45) is 5.10 Å². The lowest BCUT2D eigenvalue weighted by Gasteiger charge is -2.05. The average Bonchev–Trinajstić information content (AvgIpc) is 2.74. The van der Waals surface area contributed by atoms with Gasteiger partial charge in [0, 0.05) is 4.47 Å². The number of benzene rings is 3. The van der Waals surface area contributed by atoms with E-state index < -0.39 is 5.97 Å². The van der Waals surface area contributed by atoms with Gasteiger partial charge in [0.2, 0.25) is 0 Å². The van der Waals surface area contributed by atoms with Gasteiger partial charge in [-0.05, 0) is 60.2 Å². The highest BCUT2D eigenvalue weighted by Gasteiger charge is 2.08. The van der Waals surface area contributed by atoms with Crippen LogP contribution in [0.3, 0.4) is 0 Å². The number of hydrazone groups is 1. The van der Waals surface area contributed by atoms with Gasteiger partial charge >= 0.3 is 5.97 Å². The first-order valence-corrected chi connectivity index (χ1v) is 9.47. The van der Waals surface area contributed by atoms with Crippen LogP contribution in [-0.2, 0) is 4.79 Å². The van der Waals surface area contributed by atoms with Crippen molar-refractivity contribution >= 4 is 34.0 Å². The van der Waals surface area contributed by atoms with Crippen molar-refractivity contribution in [3.05, 3.63) is 94.5 Å². The molecule has 0 saturated carbocycles. The molecular weight excluding hydrogens is 436 g/mol. The maximum Gasteiger partial charge on any atom is 0.343 e. The smallest absolute Gasteiger partial charge is 0.343 e. The van der Waals surface area contributed by atoms with Crippen LogP contribution in [0.15, 0.2) is 88.4 Å². The third-order valence-corrected chi connectivity index (χ3v) is 4.16. The van der Waals surface area contributed by atoms with Crippen molar-refractivity contribution < 1.29 is 19.1 Å². The highest BCUT2D eigenvalue weighted by atomic mass is 79.9. The van der Waals surface area contributed by atoms with Crippen LogP contribution < -0.4 is 14.9 Å². The van der Waals surface area contributed by atoms with Crippen LogP contribution in [0.25, 0.3) is 0 Å². The summed E-state index contributed by atoms with van der Waals surface area (Å²) in [5, 5.41) is 3.88. The van der Waals surface area contributed by atoms with Crippen LogP contribution in [0, 0.1) is 0 Å². The molecule has 146 valence electrons. The zero-order valence-corrected chi connectivity index (χ0v) is 16.8. The molecule has 0 atom stereocenters. The molecule has 0 aliphatic heterocycles. The van der Waals surface area contributed by atoms with Crippen molar-refractivity contribution in [3.63, 3.8) is 0 Å². The zero-order chi connectivity index (χ0) is 20.5. The molecule has 0 aromatic heterocycles. The SMILES string of the molecule is O=C(COc1ccccc1)N/N=C\c1ccc(OC(=O)c2cccc(Br)c2)cc1. The normalized spacial score (nSPS) is 10.5. The van der Waals surface area contributed by atoms with Gasteiger partial charge in [0.15, 0.2) is 6.61 Å². The van der Waals surface area contributed by atoms with E-state index in [1.807, 2.05) is 24.3 Å². The third kappa shape index (κ3) is 6.58. The van der Waals surface area contributed by atoms with E-state index in [-0.39, 0.29) is 12.5 Å². The van der Waals surface area contributed by atoms with Gasteiger partial charge in [-0.3, -0.25) is 4.79 Å². The Balaban J connectivity index is 1.47. The van der Waals surface area contributed by atoms with E-state index in [0.717, 1.165) is 10.0 Å². The molecule has 0 heterocycles. The standard InChI is InChI=1S/C22H17BrN2O4/c23-18-6-4-5-17(13-18)22(27)29-20-11-9-16(10-12-20)14-24-25-21(26)15-28-19-7-2-1-3-8-19/h1-14H,15H2,(H,25,26)/b24-14-. The lowest BCUT2D eigenvalue weighted by molar-refractivity contribution is -0.123. The van der Waals surface area contributed by atoms with Crippen molar-refractivity contribution in [1.29, 1.82) is 0 Å². The lowest BCUT2D eigenvalue weighted by Crippen LogP contribution is -2.24. The van der Waals surface area contributed by atoms with Gasteiger partial charge in [0.05, 0.1) is 11.8 Å². The van der Waals surface area contributed by atoms with Crippen LogP contribution in [0.5, 0.6) is 11.5 Å². The van der Waals surface area contributed by atoms with E-state index in [9.17, 15) is 9.59 Å². The van der Waals surface area contributed by atoms with Gasteiger partial charge in [-0.1, -0.05) is 40.2 Å². The van der Waals surface area contributed by atoms with Crippen molar-refractivity contribution in [1.82, 2.24) is 5.43 Å². The van der Waals surface area contributed by atoms with Gasteiger partial charge in [-0.25, -0.2) is 10.2 Å². The third-order valence-electron chi connectivity index (χ3n) is 3.67. The van der Waals surface area contributed by atoms with E-state index in [0.29, 0.717) is 17.1 Å². The first-order chi connectivity index (χ1) is 14.1. The predicted octanol–water partition coefficient (Wildman–Crippen LogP) is 4.20. The van der Waals surface area contributed by atoms with Crippen molar-refractivity contribution in [3.8, 4) is 11.5 Å². The molecule has 0 fully saturated rings. The number of amides is 1. The zero-order valence-electron chi connectivity index (χ0n) is 15.2. The van der Waals surface area contributed by atoms with E-state index in [4.69, 9.17) is 9.47 Å². The summed E-state index contributed by atoms with van der Waals surface area (Å²) in [5.41, 5.74) is 3.57. The summed E-state index contributed by atoms with van der Waals surface area (Å²) in [6, 6.07) is 22.8. The number of esters is 1. The molecule has 3 rings (SSSR count). The topological polar surface area (TPSA) is 77.0 Å². The van der Waals surface area contributed by atoms with Gasteiger partial charge < -0.3 is 9.47 Å². The summed E-state index contributed by atoms with van der Waals surface area (Å²) in [7, 11) is 0. The fourth-order valence-electron chi connectivity index (χ4n) is 2.28. The number of hydrogen-bond acceptors (Lipinski definition) is 5. The fraction of sp³-hybridized carbons (Fsp3) is 0.0455. The quantitative estimate of drug-likeness (QED) is 0.252. The second-order valence-electron chi connectivity index (χ2n) is 5.86. The molecule has 0 aliphatic carbocycles. The highest BCUT2D eigenvalue weighted by Crippen LogP contribution is 2.16. The molecule has 6 nitrogen and oxygen atoms in total. The molecule has 3 aromatic carbocycles. The average molecular weight is 453 g/mol. The molecule has 0 aliphatic rings. The second-order valence-corrected chi connectivity index (χ2v) is 6.78. The Morgan fingerprint density at radius 2 is 1.69 bits per heavy atom. The summed E-state index contributed by atoms with van der Waals surface area (Å²) in [6.45, 7) is -0.133. The highest BCUT2D eigenvalue weighted by molar-refractivity contribution is 9.10. The molecule has 0 radical (unpaired) electrons. The molecule has 29 heavy (non-hydrogen) atoms. The van der Waals surface area contributed by atoms with Gasteiger partial charge in [0.1, 0.15) is 11.5 Å². The number of carbonyl (C=O) groups is 2. The fourth-order valence-corrected chi connectivity index (χ4v) is 2.68. The molecule has 1 amide bonds. The minimum atomic E-state index is -0.446. The van der Waals surface area contributed by atoms with Crippen molar-refractivity contribution in [2.45, 2.75) is 0 Å². The number of nitrogens with one attached hydrogen (secondary N) is 1. The Morgan fingerprint density at radius 1 is 0.931 bits per heavy atom. The van der Waals surface area contributed by atoms with E-state index in [2.05, 4.69) is 26.5 Å². The van der Waals surface area contributed by atoms with Crippen LogP contribution in [0.2, 0.25) is 0 Å². The molecular formula is C22H17BrN2O4. The monoisotopic (exact) mass is 452 g/mol. The van der Waals surface area contributed by atoms with Crippen LogP contribution in [0.1, 0.15) is 15.9 Å². The molecule has 1 N–H and O–H groups in total. The first kappa shape index (κ1) is 20.3. The summed E-state index contributed by atoms with van der Waals surface area (Å²) < 4.78 is 11.5. The maximum atomic E-state index is 12.1. The summed E-state index contributed by atoms with van der Waals surface area (Å²) in [6.07, 6.45) is 1.49. The minimum Gasteiger partial charge on any atom is -0.484 e. The van der Waals surface area contributed by atoms with Crippen LogP contribution in [0.4, 0.5) is 0 Å². The lowest BCUT2D eigenvalue weighted by atomic mass is 10.2. The molecule has 0 bridgehead atoms. The largest absolute Gasteiger partial charge is 0.484 e. The maximum absolute atomic E-state index is 12.1. The number of carbonyl (C=O) groups excluding carboxylic acids is 2. The van der Waals surface area contributed by atoms with E-state index in [1.54, 1.807) is 54.6 Å². The first-order valence-electron chi connectivity index (χ1n) is 8.68. The molecule has 0 saturated heterocycles. The Morgan fingerprint density at radius 3 is 2.41 bits per heavy atom. The summed E-state index contributed by atoms with van der Waals surface area (Å²) in [4.78, 5) is 23.9. The Labute approximate surface area is 176 Å². The minimum absolute atomic E-state index is 0.133. The molecule has 0 spiro atoms. The van der Waals surface area contributed by atoms with Crippen LogP contribution >= 0.6 is 15.9 Å². The Hall–Kier alpha value is -3.45. The van der Waals surface area contributed by atoms with E-state index in [1.165, 1.54) is 6.21 Å². The van der Waals surface area contributed by atoms with E-state index >= 15 is 0 Å². The summed E-state index contributed by atoms with van der Waals surface area (Å²) in [5.74, 6) is 0.204. The number of para-hydroxylation sites is 1. The number of hydrogen-bond donors (Lipinski definition) is 1. The number of ether oxygens (including phenoxy) is 2. The van der Waals surface area contributed by atoms with Crippen molar-refractivity contribution in [2.75, 3.05) is 6.61 Å². The van der Waals surface area contributed by atoms with Gasteiger partial charge in [0.25, 0.3) is 5.91 Å². The molecule has 0 unspecified atom stereocenters. The predicted molar refractivity (Wildman–Crippen MR) is 113 cm³/mol. The van der Waals surface area contributed by atoms with Gasteiger partial charge in [-0.15, -0.1) is 0 Å². The molecule has 7 heteroatoms.